The van der Waals surface area contributed by atoms with Gasteiger partial charge >= 0.3 is 0 Å². The SMILES string of the molecule is COc1cccc(NC(=S)NC(C)c2ccc(N3CCCCC3)cc2)c1. The first-order chi connectivity index (χ1) is 12.7. The van der Waals surface area contributed by atoms with Crippen LogP contribution in [0, 0.1) is 0 Å². The van der Waals surface area contributed by atoms with Crippen LogP contribution in [0.1, 0.15) is 37.8 Å². The predicted molar refractivity (Wildman–Crippen MR) is 113 cm³/mol. The topological polar surface area (TPSA) is 36.5 Å². The van der Waals surface area contributed by atoms with Crippen LogP contribution in [0.5, 0.6) is 5.75 Å². The van der Waals surface area contributed by atoms with Gasteiger partial charge in [0.15, 0.2) is 5.11 Å². The second-order valence-corrected chi connectivity index (χ2v) is 7.10. The fourth-order valence-electron chi connectivity index (χ4n) is 3.27. The van der Waals surface area contributed by atoms with Crippen molar-refractivity contribution < 1.29 is 4.74 Å². The third-order valence-corrected chi connectivity index (χ3v) is 5.01. The Kier molecular flexibility index (Phi) is 6.34. The molecule has 0 spiro atoms. The molecule has 5 heteroatoms. The zero-order valence-corrected chi connectivity index (χ0v) is 16.3. The van der Waals surface area contributed by atoms with Crippen molar-refractivity contribution in [3.05, 3.63) is 54.1 Å². The van der Waals surface area contributed by atoms with Gasteiger partial charge in [0.25, 0.3) is 0 Å². The van der Waals surface area contributed by atoms with Gasteiger partial charge in [-0.2, -0.15) is 0 Å². The number of anilines is 2. The van der Waals surface area contributed by atoms with E-state index in [0.29, 0.717) is 5.11 Å². The minimum atomic E-state index is 0.135. The largest absolute Gasteiger partial charge is 0.497 e. The smallest absolute Gasteiger partial charge is 0.171 e. The fourth-order valence-corrected chi connectivity index (χ4v) is 3.57. The fraction of sp³-hybridized carbons (Fsp3) is 0.381. The average Bonchev–Trinajstić information content (AvgIpc) is 2.69. The quantitative estimate of drug-likeness (QED) is 0.745. The third kappa shape index (κ3) is 4.88. The number of methoxy groups -OCH3 is 1. The third-order valence-electron chi connectivity index (χ3n) is 4.79. The molecule has 2 aromatic rings. The van der Waals surface area contributed by atoms with Gasteiger partial charge in [0, 0.05) is 30.5 Å². The lowest BCUT2D eigenvalue weighted by Crippen LogP contribution is -2.31. The molecule has 0 radical (unpaired) electrons. The molecule has 3 rings (SSSR count). The summed E-state index contributed by atoms with van der Waals surface area (Å²) in [7, 11) is 1.66. The van der Waals surface area contributed by atoms with Gasteiger partial charge in [-0.25, -0.2) is 0 Å². The summed E-state index contributed by atoms with van der Waals surface area (Å²) in [6, 6.07) is 16.7. The molecule has 1 fully saturated rings. The number of ether oxygens (including phenoxy) is 1. The van der Waals surface area contributed by atoms with E-state index in [1.807, 2.05) is 24.3 Å². The van der Waals surface area contributed by atoms with E-state index in [-0.39, 0.29) is 6.04 Å². The number of nitrogens with zero attached hydrogens (tertiary/aromatic N) is 1. The van der Waals surface area contributed by atoms with Crippen molar-refractivity contribution in [1.82, 2.24) is 5.32 Å². The lowest BCUT2D eigenvalue weighted by molar-refractivity contribution is 0.415. The van der Waals surface area contributed by atoms with Gasteiger partial charge < -0.3 is 20.3 Å². The highest BCUT2D eigenvalue weighted by atomic mass is 32.1. The van der Waals surface area contributed by atoms with Crippen molar-refractivity contribution in [2.75, 3.05) is 30.4 Å². The number of rotatable bonds is 5. The molecule has 2 N–H and O–H groups in total. The normalized spacial score (nSPS) is 15.2. The van der Waals surface area contributed by atoms with Crippen molar-refractivity contribution >= 4 is 28.7 Å². The summed E-state index contributed by atoms with van der Waals surface area (Å²) >= 11 is 5.45. The van der Waals surface area contributed by atoms with Crippen LogP contribution in [-0.4, -0.2) is 25.3 Å². The minimum absolute atomic E-state index is 0.135. The van der Waals surface area contributed by atoms with E-state index in [1.54, 1.807) is 7.11 Å². The van der Waals surface area contributed by atoms with E-state index >= 15 is 0 Å². The standard InChI is InChI=1S/C21H27N3OS/c1-16(22-21(26)23-18-7-6-8-20(15-18)25-2)17-9-11-19(12-10-17)24-13-4-3-5-14-24/h6-12,15-16H,3-5,13-14H2,1-2H3,(H2,22,23,26). The first-order valence-corrected chi connectivity index (χ1v) is 9.63. The van der Waals surface area contributed by atoms with Crippen LogP contribution in [0.4, 0.5) is 11.4 Å². The maximum absolute atomic E-state index is 5.45. The molecule has 0 saturated carbocycles. The van der Waals surface area contributed by atoms with Crippen molar-refractivity contribution in [3.63, 3.8) is 0 Å². The molecule has 0 aliphatic carbocycles. The molecule has 4 nitrogen and oxygen atoms in total. The van der Waals surface area contributed by atoms with E-state index in [4.69, 9.17) is 17.0 Å². The number of piperidine rings is 1. The molecule has 1 heterocycles. The summed E-state index contributed by atoms with van der Waals surface area (Å²) in [5.41, 5.74) is 3.45. The van der Waals surface area contributed by atoms with Crippen molar-refractivity contribution in [2.45, 2.75) is 32.2 Å². The predicted octanol–water partition coefficient (Wildman–Crippen LogP) is 4.73. The maximum atomic E-state index is 5.45. The Labute approximate surface area is 161 Å². The van der Waals surface area contributed by atoms with Crippen LogP contribution in [0.25, 0.3) is 0 Å². The van der Waals surface area contributed by atoms with Crippen LogP contribution in [-0.2, 0) is 0 Å². The van der Waals surface area contributed by atoms with Gasteiger partial charge in [-0.3, -0.25) is 0 Å². The number of nitrogens with one attached hydrogen (secondary N) is 2. The molecule has 0 bridgehead atoms. The highest BCUT2D eigenvalue weighted by Gasteiger charge is 2.12. The van der Waals surface area contributed by atoms with E-state index < -0.39 is 0 Å². The van der Waals surface area contributed by atoms with Crippen LogP contribution in [0.3, 0.4) is 0 Å². The van der Waals surface area contributed by atoms with Gasteiger partial charge in [0.1, 0.15) is 5.75 Å². The van der Waals surface area contributed by atoms with E-state index in [2.05, 4.69) is 46.7 Å². The summed E-state index contributed by atoms with van der Waals surface area (Å²) < 4.78 is 5.24. The zero-order valence-electron chi connectivity index (χ0n) is 15.5. The van der Waals surface area contributed by atoms with Gasteiger partial charge in [0.05, 0.1) is 13.2 Å². The van der Waals surface area contributed by atoms with Crippen LogP contribution in [0.2, 0.25) is 0 Å². The molecule has 138 valence electrons. The summed E-state index contributed by atoms with van der Waals surface area (Å²) in [5, 5.41) is 7.16. The summed E-state index contributed by atoms with van der Waals surface area (Å²) in [4.78, 5) is 2.47. The first kappa shape index (κ1) is 18.5. The molecular weight excluding hydrogens is 342 g/mol. The molecule has 2 aromatic carbocycles. The molecule has 1 aliphatic heterocycles. The Bertz CT molecular complexity index is 726. The number of hydrogen-bond acceptors (Lipinski definition) is 3. The van der Waals surface area contributed by atoms with Crippen LogP contribution in [0.15, 0.2) is 48.5 Å². The van der Waals surface area contributed by atoms with Gasteiger partial charge in [-0.15, -0.1) is 0 Å². The molecule has 26 heavy (non-hydrogen) atoms. The second-order valence-electron chi connectivity index (χ2n) is 6.69. The number of hydrogen-bond donors (Lipinski definition) is 2. The van der Waals surface area contributed by atoms with Crippen molar-refractivity contribution in [3.8, 4) is 5.75 Å². The zero-order chi connectivity index (χ0) is 18.4. The monoisotopic (exact) mass is 369 g/mol. The van der Waals surface area contributed by atoms with E-state index in [9.17, 15) is 0 Å². The van der Waals surface area contributed by atoms with Gasteiger partial charge in [-0.1, -0.05) is 18.2 Å². The lowest BCUT2D eigenvalue weighted by atomic mass is 10.1. The summed E-state index contributed by atoms with van der Waals surface area (Å²) in [6.45, 7) is 4.46. The van der Waals surface area contributed by atoms with E-state index in [1.165, 1.54) is 43.6 Å². The molecule has 1 aliphatic rings. The molecule has 1 atom stereocenters. The summed E-state index contributed by atoms with van der Waals surface area (Å²) in [5.74, 6) is 0.805. The van der Waals surface area contributed by atoms with E-state index in [0.717, 1.165) is 11.4 Å². The average molecular weight is 370 g/mol. The lowest BCUT2D eigenvalue weighted by Gasteiger charge is -2.29. The minimum Gasteiger partial charge on any atom is -0.497 e. The van der Waals surface area contributed by atoms with Crippen LogP contribution < -0.4 is 20.3 Å². The first-order valence-electron chi connectivity index (χ1n) is 9.22. The van der Waals surface area contributed by atoms with Crippen molar-refractivity contribution in [2.24, 2.45) is 0 Å². The Morgan fingerprint density at radius 1 is 1.08 bits per heavy atom. The number of benzene rings is 2. The molecule has 0 amide bonds. The van der Waals surface area contributed by atoms with Crippen molar-refractivity contribution in [1.29, 1.82) is 0 Å². The highest BCUT2D eigenvalue weighted by molar-refractivity contribution is 7.80. The van der Waals surface area contributed by atoms with Crippen LogP contribution >= 0.6 is 12.2 Å². The van der Waals surface area contributed by atoms with Gasteiger partial charge in [0.2, 0.25) is 0 Å². The molecule has 1 unspecified atom stereocenters. The Balaban J connectivity index is 1.56. The molecular formula is C21H27N3OS. The maximum Gasteiger partial charge on any atom is 0.171 e. The van der Waals surface area contributed by atoms with Gasteiger partial charge in [-0.05, 0) is 68.2 Å². The number of thiocarbonyl (C=S) groups is 1. The second kappa shape index (κ2) is 8.90. The summed E-state index contributed by atoms with van der Waals surface area (Å²) in [6.07, 6.45) is 3.95. The Morgan fingerprint density at radius 2 is 1.81 bits per heavy atom. The highest BCUT2D eigenvalue weighted by Crippen LogP contribution is 2.23. The molecule has 0 aromatic heterocycles. The molecule has 1 saturated heterocycles. The Morgan fingerprint density at radius 3 is 2.50 bits per heavy atom. The Hall–Kier alpha value is -2.27.